The van der Waals surface area contributed by atoms with Gasteiger partial charge < -0.3 is 13.7 Å². The molecule has 28 heavy (non-hydrogen) atoms. The average Bonchev–Trinajstić information content (AvgIpc) is 2.73. The molecular formula is C22H22N2O3S. The summed E-state index contributed by atoms with van der Waals surface area (Å²) in [6.07, 6.45) is 3.39. The van der Waals surface area contributed by atoms with E-state index < -0.39 is 11.2 Å². The normalized spacial score (nSPS) is 13.7. The van der Waals surface area contributed by atoms with Gasteiger partial charge >= 0.3 is 0 Å². The second-order valence-electron chi connectivity index (χ2n) is 6.40. The molecule has 3 aromatic rings. The van der Waals surface area contributed by atoms with Crippen LogP contribution in [0.5, 0.6) is 0 Å². The fourth-order valence-electron chi connectivity index (χ4n) is 2.91. The van der Waals surface area contributed by atoms with E-state index in [1.165, 1.54) is 9.13 Å². The molecule has 0 fully saturated rings. The van der Waals surface area contributed by atoms with Crippen molar-refractivity contribution in [1.82, 2.24) is 9.13 Å². The summed E-state index contributed by atoms with van der Waals surface area (Å²) in [4.78, 5) is 26.5. The monoisotopic (exact) mass is 394 g/mol. The Morgan fingerprint density at radius 1 is 0.821 bits per heavy atom. The molecule has 0 saturated carbocycles. The van der Waals surface area contributed by atoms with Crippen molar-refractivity contribution in [3.8, 4) is 0 Å². The van der Waals surface area contributed by atoms with Crippen LogP contribution in [0.1, 0.15) is 18.1 Å². The van der Waals surface area contributed by atoms with Crippen LogP contribution < -0.4 is 21.8 Å². The van der Waals surface area contributed by atoms with Crippen LogP contribution in [-0.2, 0) is 25.3 Å². The van der Waals surface area contributed by atoms with Crippen molar-refractivity contribution in [2.24, 2.45) is 14.1 Å². The molecule has 5 nitrogen and oxygen atoms in total. The topological polar surface area (TPSA) is 67.1 Å². The molecule has 6 heteroatoms. The molecule has 144 valence electrons. The highest BCUT2D eigenvalue weighted by molar-refractivity contribution is 7.91. The van der Waals surface area contributed by atoms with E-state index >= 15 is 0 Å². The minimum absolute atomic E-state index is 0.249. The van der Waals surface area contributed by atoms with Crippen molar-refractivity contribution >= 4 is 23.3 Å². The number of nitrogens with zero attached hydrogens (tertiary/aromatic N) is 2. The molecule has 0 aliphatic carbocycles. The largest absolute Gasteiger partial charge is 0.611 e. The maximum atomic E-state index is 12.9. The average molecular weight is 394 g/mol. The van der Waals surface area contributed by atoms with E-state index in [0.717, 1.165) is 16.0 Å². The van der Waals surface area contributed by atoms with Gasteiger partial charge in [0, 0.05) is 14.1 Å². The Balaban J connectivity index is 2.17. The van der Waals surface area contributed by atoms with Crippen molar-refractivity contribution in [2.45, 2.75) is 11.8 Å². The molecule has 1 unspecified atom stereocenters. The van der Waals surface area contributed by atoms with Gasteiger partial charge in [0.2, 0.25) is 0 Å². The van der Waals surface area contributed by atoms with Gasteiger partial charge in [0.25, 0.3) is 11.1 Å². The number of hydrogen-bond donors (Lipinski definition) is 0. The Kier molecular flexibility index (Phi) is 6.02. The lowest BCUT2D eigenvalue weighted by atomic mass is 10.2. The standard InChI is InChI=1S/C22H22N2O3S/c1-4-28(27)18-12-10-17(11-13-18)15-20-22(26)23(2)19(21(25)24(20)3)14-16-8-6-5-7-9-16/h5-15H,4H2,1-3H3. The van der Waals surface area contributed by atoms with Crippen LogP contribution in [0.25, 0.3) is 12.2 Å². The van der Waals surface area contributed by atoms with Gasteiger partial charge in [-0.2, -0.15) is 0 Å². The summed E-state index contributed by atoms with van der Waals surface area (Å²) in [6, 6.07) is 16.6. The zero-order valence-corrected chi connectivity index (χ0v) is 16.9. The number of benzene rings is 2. The molecule has 0 bridgehead atoms. The summed E-state index contributed by atoms with van der Waals surface area (Å²) in [5.41, 5.74) is 1.11. The number of hydrogen-bond acceptors (Lipinski definition) is 3. The third kappa shape index (κ3) is 4.03. The van der Waals surface area contributed by atoms with Crippen LogP contribution in [-0.4, -0.2) is 19.4 Å². The summed E-state index contributed by atoms with van der Waals surface area (Å²) < 4.78 is 14.6. The summed E-state index contributed by atoms with van der Waals surface area (Å²) in [5, 5.41) is 0.617. The lowest BCUT2D eigenvalue weighted by Crippen LogP contribution is -2.56. The van der Waals surface area contributed by atoms with Crippen LogP contribution in [0, 0.1) is 0 Å². The second kappa shape index (κ2) is 8.46. The van der Waals surface area contributed by atoms with E-state index in [1.807, 2.05) is 37.3 Å². The van der Waals surface area contributed by atoms with E-state index in [0.29, 0.717) is 16.5 Å². The smallest absolute Gasteiger partial charge is 0.274 e. The highest BCUT2D eigenvalue weighted by atomic mass is 32.2. The Bertz CT molecular complexity index is 1210. The predicted octanol–water partition coefficient (Wildman–Crippen LogP) is 0.869. The van der Waals surface area contributed by atoms with Crippen molar-refractivity contribution in [3.05, 3.63) is 97.1 Å². The Morgan fingerprint density at radius 2 is 1.29 bits per heavy atom. The fourth-order valence-corrected chi connectivity index (χ4v) is 3.69. The second-order valence-corrected chi connectivity index (χ2v) is 8.14. The predicted molar refractivity (Wildman–Crippen MR) is 113 cm³/mol. The maximum Gasteiger partial charge on any atom is 0.274 e. The van der Waals surface area contributed by atoms with E-state index in [1.54, 1.807) is 50.5 Å². The molecule has 0 amide bonds. The highest BCUT2D eigenvalue weighted by Gasteiger charge is 2.08. The SMILES string of the molecule is CC[S+]([O-])c1ccc(C=c2c(=O)n(C)c(=Cc3ccccc3)c(=O)n2C)cc1. The minimum Gasteiger partial charge on any atom is -0.611 e. The van der Waals surface area contributed by atoms with E-state index in [-0.39, 0.29) is 11.1 Å². The Hall–Kier alpha value is -2.83. The van der Waals surface area contributed by atoms with Gasteiger partial charge in [0.05, 0.1) is 0 Å². The van der Waals surface area contributed by atoms with E-state index in [2.05, 4.69) is 0 Å². The van der Waals surface area contributed by atoms with Crippen LogP contribution in [0.15, 0.2) is 69.1 Å². The molecule has 0 aliphatic heterocycles. The molecule has 0 aliphatic rings. The molecule has 2 aromatic carbocycles. The Morgan fingerprint density at radius 3 is 1.75 bits per heavy atom. The van der Waals surface area contributed by atoms with E-state index in [4.69, 9.17) is 0 Å². The van der Waals surface area contributed by atoms with Gasteiger partial charge in [-0.15, -0.1) is 0 Å². The molecule has 1 aromatic heterocycles. The Labute approximate surface area is 166 Å². The lowest BCUT2D eigenvalue weighted by Gasteiger charge is -2.08. The van der Waals surface area contributed by atoms with Crippen LogP contribution in [0.3, 0.4) is 0 Å². The molecule has 0 spiro atoms. The first-order valence-corrected chi connectivity index (χ1v) is 10.3. The summed E-state index contributed by atoms with van der Waals surface area (Å²) in [5.74, 6) is 0.553. The van der Waals surface area contributed by atoms with Crippen molar-refractivity contribution in [1.29, 1.82) is 0 Å². The van der Waals surface area contributed by atoms with Crippen LogP contribution >= 0.6 is 0 Å². The van der Waals surface area contributed by atoms with Crippen LogP contribution in [0.4, 0.5) is 0 Å². The molecule has 3 rings (SSSR count). The van der Waals surface area contributed by atoms with Gasteiger partial charge in [-0.3, -0.25) is 9.59 Å². The maximum absolute atomic E-state index is 12.9. The van der Waals surface area contributed by atoms with Gasteiger partial charge in [0.15, 0.2) is 4.90 Å². The third-order valence-electron chi connectivity index (χ3n) is 4.58. The molecule has 0 N–H and O–H groups in total. The number of aromatic nitrogens is 2. The lowest BCUT2D eigenvalue weighted by molar-refractivity contribution is 0.596. The summed E-state index contributed by atoms with van der Waals surface area (Å²) in [6.45, 7) is 1.86. The van der Waals surface area contributed by atoms with Gasteiger partial charge in [-0.1, -0.05) is 30.3 Å². The first-order valence-electron chi connectivity index (χ1n) is 8.95. The van der Waals surface area contributed by atoms with Crippen molar-refractivity contribution < 1.29 is 4.55 Å². The fraction of sp³-hybridized carbons (Fsp3) is 0.182. The minimum atomic E-state index is -1.02. The molecule has 1 atom stereocenters. The van der Waals surface area contributed by atoms with Gasteiger partial charge in [-0.05, 0) is 65.6 Å². The highest BCUT2D eigenvalue weighted by Crippen LogP contribution is 2.12. The van der Waals surface area contributed by atoms with E-state index in [9.17, 15) is 14.1 Å². The quantitative estimate of drug-likeness (QED) is 0.617. The molecule has 1 heterocycles. The molecule has 0 radical (unpaired) electrons. The summed E-state index contributed by atoms with van der Waals surface area (Å²) >= 11 is -1.02. The first kappa shape index (κ1) is 19.9. The molecule has 0 saturated heterocycles. The van der Waals surface area contributed by atoms with Crippen molar-refractivity contribution in [3.63, 3.8) is 0 Å². The zero-order valence-electron chi connectivity index (χ0n) is 16.1. The summed E-state index contributed by atoms with van der Waals surface area (Å²) in [7, 11) is 3.20. The van der Waals surface area contributed by atoms with Gasteiger partial charge in [-0.25, -0.2) is 0 Å². The van der Waals surface area contributed by atoms with Crippen molar-refractivity contribution in [2.75, 3.05) is 5.75 Å². The first-order chi connectivity index (χ1) is 13.4. The zero-order chi connectivity index (χ0) is 20.3. The van der Waals surface area contributed by atoms with Gasteiger partial charge in [0.1, 0.15) is 16.5 Å². The number of rotatable bonds is 4. The third-order valence-corrected chi connectivity index (χ3v) is 5.90. The van der Waals surface area contributed by atoms with Crippen LogP contribution in [0.2, 0.25) is 0 Å². The molecular weight excluding hydrogens is 372 g/mol.